The molecule has 2 N–H and O–H groups in total. The lowest BCUT2D eigenvalue weighted by Crippen LogP contribution is -2.66. The highest BCUT2D eigenvalue weighted by molar-refractivity contribution is 6.39. The second-order valence-corrected chi connectivity index (χ2v) is 16.7. The fraction of sp³-hybridized carbons (Fsp3) is 0.333. The van der Waals surface area contributed by atoms with Gasteiger partial charge in [0.2, 0.25) is 11.8 Å². The molecule has 6 aromatic rings. The second kappa shape index (κ2) is 12.4. The number of aromatic nitrogens is 4. The average Bonchev–Trinajstić information content (AvgIpc) is 3.88. The molecular weight excluding hydrogens is 719 g/mol. The molecule has 4 aromatic heterocycles. The van der Waals surface area contributed by atoms with Crippen LogP contribution in [-0.2, 0) is 36.8 Å². The first kappa shape index (κ1) is 33.8. The molecular formula is C42H40Cl2N8O2. The molecule has 4 fully saturated rings. The molecule has 12 heteroatoms. The summed E-state index contributed by atoms with van der Waals surface area (Å²) in [6, 6.07) is 20.4. The van der Waals surface area contributed by atoms with E-state index in [-0.39, 0.29) is 22.9 Å². The standard InChI is InChI=1S/C42H40Cl2N8O2/c1-49-17-25(19-51-21-41(22-51)15-13-35(53)47-41)27-9-11-33(45-39(27)49)31-7-3-5-29(37(31)43)30-6-4-8-32(38(30)44)34-12-10-28-26(18-50(2)40(28)46-34)20-52-23-42(24-52)16-14-36(54)48-42/h3-12,17-18H,13-16,19-24H2,1-2H3,(H,47,53)(H,48,54). The van der Waals surface area contributed by atoms with E-state index in [4.69, 9.17) is 33.2 Å². The van der Waals surface area contributed by atoms with Gasteiger partial charge >= 0.3 is 0 Å². The van der Waals surface area contributed by atoms with E-state index in [2.05, 4.69) is 54.1 Å². The van der Waals surface area contributed by atoms with Crippen molar-refractivity contribution in [2.75, 3.05) is 26.2 Å². The van der Waals surface area contributed by atoms with E-state index in [9.17, 15) is 9.59 Å². The van der Waals surface area contributed by atoms with Crippen LogP contribution in [0.25, 0.3) is 55.7 Å². The minimum atomic E-state index is -0.0382. The summed E-state index contributed by atoms with van der Waals surface area (Å²) in [7, 11) is 4.06. The van der Waals surface area contributed by atoms with Crippen LogP contribution < -0.4 is 10.6 Å². The number of benzene rings is 2. The van der Waals surface area contributed by atoms with Gasteiger partial charge in [0.1, 0.15) is 11.3 Å². The van der Waals surface area contributed by atoms with Crippen LogP contribution in [0.3, 0.4) is 0 Å². The van der Waals surface area contributed by atoms with Crippen molar-refractivity contribution in [1.82, 2.24) is 39.5 Å². The van der Waals surface area contributed by atoms with Crippen molar-refractivity contribution in [2.45, 2.75) is 49.9 Å². The van der Waals surface area contributed by atoms with E-state index in [0.717, 1.165) is 108 Å². The van der Waals surface area contributed by atoms with Gasteiger partial charge in [0.05, 0.1) is 32.5 Å². The Kier molecular flexibility index (Phi) is 7.76. The average molecular weight is 760 g/mol. The number of carbonyl (C=O) groups excluding carboxylic acids is 2. The molecule has 0 saturated carbocycles. The minimum absolute atomic E-state index is 0.0382. The van der Waals surface area contributed by atoms with E-state index in [1.165, 1.54) is 11.1 Å². The van der Waals surface area contributed by atoms with Gasteiger partial charge in [-0.2, -0.15) is 0 Å². The third kappa shape index (κ3) is 5.53. The van der Waals surface area contributed by atoms with E-state index in [1.807, 2.05) is 62.6 Å². The Hall–Kier alpha value is -4.74. The first-order valence-corrected chi connectivity index (χ1v) is 19.4. The van der Waals surface area contributed by atoms with Gasteiger partial charge < -0.3 is 19.8 Å². The van der Waals surface area contributed by atoms with Crippen molar-refractivity contribution < 1.29 is 9.59 Å². The third-order valence-electron chi connectivity index (χ3n) is 12.0. The summed E-state index contributed by atoms with van der Waals surface area (Å²) in [5.74, 6) is 0.334. The summed E-state index contributed by atoms with van der Waals surface area (Å²) >= 11 is 14.5. The van der Waals surface area contributed by atoms with Crippen LogP contribution in [0.1, 0.15) is 36.8 Å². The van der Waals surface area contributed by atoms with Gasteiger partial charge in [-0.25, -0.2) is 9.97 Å². The smallest absolute Gasteiger partial charge is 0.220 e. The summed E-state index contributed by atoms with van der Waals surface area (Å²) in [5, 5.41) is 9.76. The molecule has 4 aliphatic heterocycles. The highest BCUT2D eigenvalue weighted by atomic mass is 35.5. The predicted octanol–water partition coefficient (Wildman–Crippen LogP) is 6.70. The molecule has 0 bridgehead atoms. The molecule has 0 atom stereocenters. The van der Waals surface area contributed by atoms with Crippen molar-refractivity contribution >= 4 is 57.1 Å². The van der Waals surface area contributed by atoms with E-state index in [1.54, 1.807) is 0 Å². The Bertz CT molecular complexity index is 2370. The number of hydrogen-bond donors (Lipinski definition) is 2. The highest BCUT2D eigenvalue weighted by Gasteiger charge is 2.48. The quantitative estimate of drug-likeness (QED) is 0.188. The predicted molar refractivity (Wildman–Crippen MR) is 212 cm³/mol. The first-order valence-electron chi connectivity index (χ1n) is 18.6. The van der Waals surface area contributed by atoms with Crippen LogP contribution in [-0.4, -0.2) is 78.0 Å². The summed E-state index contributed by atoms with van der Waals surface area (Å²) in [4.78, 5) is 38.6. The van der Waals surface area contributed by atoms with E-state index < -0.39 is 0 Å². The lowest BCUT2D eigenvalue weighted by Gasteiger charge is -2.47. The molecule has 10 rings (SSSR count). The Morgan fingerprint density at radius 2 is 1.02 bits per heavy atom. The number of likely N-dealkylation sites (tertiary alicyclic amines) is 2. The fourth-order valence-corrected chi connectivity index (χ4v) is 10.1. The third-order valence-corrected chi connectivity index (χ3v) is 12.8. The first-order chi connectivity index (χ1) is 26.1. The van der Waals surface area contributed by atoms with Gasteiger partial charge in [-0.15, -0.1) is 0 Å². The Balaban J connectivity index is 0.906. The maximum absolute atomic E-state index is 11.8. The van der Waals surface area contributed by atoms with Crippen molar-refractivity contribution in [1.29, 1.82) is 0 Å². The molecule has 0 unspecified atom stereocenters. The Labute approximate surface area is 323 Å². The van der Waals surface area contributed by atoms with E-state index >= 15 is 0 Å². The van der Waals surface area contributed by atoms with Gasteiger partial charge in [-0.05, 0) is 48.2 Å². The molecule has 8 heterocycles. The molecule has 2 spiro atoms. The minimum Gasteiger partial charge on any atom is -0.348 e. The van der Waals surface area contributed by atoms with Crippen molar-refractivity contribution in [2.24, 2.45) is 14.1 Å². The van der Waals surface area contributed by atoms with Crippen LogP contribution in [0.4, 0.5) is 0 Å². The SMILES string of the molecule is Cn1cc(CN2CC3(CCC(=O)N3)C2)c2ccc(-c3cccc(-c4cccc(-c5ccc6c(CN7CC8(CCC(=O)N8)C7)cn(C)c6n5)c4Cl)c3Cl)nc21. The normalized spacial score (nSPS) is 19.2. The maximum Gasteiger partial charge on any atom is 0.220 e. The zero-order valence-electron chi connectivity index (χ0n) is 30.3. The fourth-order valence-electron chi connectivity index (χ4n) is 9.44. The van der Waals surface area contributed by atoms with Gasteiger partial charge in [0.15, 0.2) is 0 Å². The second-order valence-electron chi connectivity index (χ2n) is 15.9. The molecule has 0 aliphatic carbocycles. The van der Waals surface area contributed by atoms with Crippen LogP contribution in [0.15, 0.2) is 73.1 Å². The number of amides is 2. The molecule has 10 nitrogen and oxygen atoms in total. The van der Waals surface area contributed by atoms with Crippen molar-refractivity contribution in [3.8, 4) is 33.6 Å². The zero-order chi connectivity index (χ0) is 36.9. The van der Waals surface area contributed by atoms with Gasteiger partial charge in [-0.1, -0.05) is 59.6 Å². The zero-order valence-corrected chi connectivity index (χ0v) is 31.8. The molecule has 4 aliphatic rings. The molecule has 54 heavy (non-hydrogen) atoms. The lowest BCUT2D eigenvalue weighted by atomic mass is 9.88. The number of aryl methyl sites for hydroxylation is 2. The number of carbonyl (C=O) groups is 2. The van der Waals surface area contributed by atoms with E-state index in [0.29, 0.717) is 22.9 Å². The monoisotopic (exact) mass is 758 g/mol. The summed E-state index contributed by atoms with van der Waals surface area (Å²) in [6.45, 7) is 5.16. The number of pyridine rings is 2. The number of fused-ring (bicyclic) bond motifs is 2. The summed E-state index contributed by atoms with van der Waals surface area (Å²) in [6.07, 6.45) is 7.41. The molecule has 0 radical (unpaired) electrons. The maximum atomic E-state index is 11.8. The van der Waals surface area contributed by atoms with Gasteiger partial charge in [-0.3, -0.25) is 19.4 Å². The number of nitrogens with zero attached hydrogens (tertiary/aromatic N) is 6. The Morgan fingerprint density at radius 1 is 0.611 bits per heavy atom. The van der Waals surface area contributed by atoms with Crippen LogP contribution in [0, 0.1) is 0 Å². The largest absolute Gasteiger partial charge is 0.348 e. The molecule has 4 saturated heterocycles. The van der Waals surface area contributed by atoms with Crippen molar-refractivity contribution in [3.05, 3.63) is 94.2 Å². The topological polar surface area (TPSA) is 100 Å². The molecule has 2 aromatic carbocycles. The van der Waals surface area contributed by atoms with Crippen molar-refractivity contribution in [3.63, 3.8) is 0 Å². The number of nitrogens with one attached hydrogen (secondary N) is 2. The number of rotatable bonds is 7. The number of halogens is 2. The van der Waals surface area contributed by atoms with Crippen LogP contribution >= 0.6 is 23.2 Å². The Morgan fingerprint density at radius 3 is 1.41 bits per heavy atom. The molecule has 2 amide bonds. The number of hydrogen-bond acceptors (Lipinski definition) is 6. The van der Waals surface area contributed by atoms with Gasteiger partial charge in [0.25, 0.3) is 0 Å². The van der Waals surface area contributed by atoms with Gasteiger partial charge in [0, 0.05) is 112 Å². The molecule has 274 valence electrons. The summed E-state index contributed by atoms with van der Waals surface area (Å²) < 4.78 is 4.16. The van der Waals surface area contributed by atoms with Crippen LogP contribution in [0.2, 0.25) is 10.0 Å². The highest BCUT2D eigenvalue weighted by Crippen LogP contribution is 2.43. The lowest BCUT2D eigenvalue weighted by molar-refractivity contribution is -0.121. The van der Waals surface area contributed by atoms with Crippen LogP contribution in [0.5, 0.6) is 0 Å². The summed E-state index contributed by atoms with van der Waals surface area (Å²) in [5.41, 5.74) is 9.07.